The lowest BCUT2D eigenvalue weighted by Crippen LogP contribution is -2.31. The van der Waals surface area contributed by atoms with E-state index in [9.17, 15) is 18.0 Å². The van der Waals surface area contributed by atoms with Gasteiger partial charge in [0.1, 0.15) is 5.82 Å². The molecular formula is C23H24F3N5O. The van der Waals surface area contributed by atoms with Crippen LogP contribution in [0.5, 0.6) is 0 Å². The van der Waals surface area contributed by atoms with Crippen LogP contribution >= 0.6 is 0 Å². The first kappa shape index (κ1) is 20.8. The number of fused-ring (bicyclic) bond motifs is 3. The van der Waals surface area contributed by atoms with E-state index in [0.717, 1.165) is 35.9 Å². The molecule has 0 atom stereocenters. The first-order chi connectivity index (χ1) is 15.1. The summed E-state index contributed by atoms with van der Waals surface area (Å²) in [7, 11) is 0. The highest BCUT2D eigenvalue weighted by molar-refractivity contribution is 5.85. The van der Waals surface area contributed by atoms with E-state index in [1.54, 1.807) is 12.3 Å². The highest BCUT2D eigenvalue weighted by Gasteiger charge is 2.48. The molecule has 168 valence electrons. The van der Waals surface area contributed by atoms with Crippen molar-refractivity contribution in [2.45, 2.75) is 59.4 Å². The number of nitrogens with zero attached hydrogens (tertiary/aromatic N) is 4. The second-order valence-electron chi connectivity index (χ2n) is 9.08. The van der Waals surface area contributed by atoms with E-state index in [0.29, 0.717) is 30.2 Å². The highest BCUT2D eigenvalue weighted by atomic mass is 19.4. The Morgan fingerprint density at radius 3 is 2.66 bits per heavy atom. The molecule has 0 bridgehead atoms. The number of carbonyl (C=O) groups excluding carboxylic acids is 1. The van der Waals surface area contributed by atoms with Crippen LogP contribution in [-0.2, 0) is 30.6 Å². The van der Waals surface area contributed by atoms with Crippen molar-refractivity contribution in [1.29, 1.82) is 0 Å². The molecule has 6 nitrogen and oxygen atoms in total. The molecule has 1 amide bonds. The Bertz CT molecular complexity index is 1240. The number of halogens is 3. The molecule has 1 N–H and O–H groups in total. The van der Waals surface area contributed by atoms with E-state index in [1.807, 2.05) is 23.1 Å². The summed E-state index contributed by atoms with van der Waals surface area (Å²) in [5.74, 6) is 1.21. The summed E-state index contributed by atoms with van der Waals surface area (Å²) in [6.07, 6.45) is -0.867. The Balaban J connectivity index is 1.48. The van der Waals surface area contributed by atoms with Gasteiger partial charge < -0.3 is 10.2 Å². The average Bonchev–Trinajstić information content (AvgIpc) is 3.17. The maximum atomic E-state index is 13.3. The quantitative estimate of drug-likeness (QED) is 0.639. The monoisotopic (exact) mass is 443 g/mol. The molecular weight excluding hydrogens is 419 g/mol. The minimum absolute atomic E-state index is 0.138. The number of nitrogens with one attached hydrogen (secondary N) is 1. The first-order valence-electron chi connectivity index (χ1n) is 10.6. The maximum absolute atomic E-state index is 13.3. The van der Waals surface area contributed by atoms with Crippen molar-refractivity contribution in [2.24, 2.45) is 5.41 Å². The number of benzene rings is 1. The number of anilines is 1. The van der Waals surface area contributed by atoms with Gasteiger partial charge in [-0.25, -0.2) is 4.98 Å². The van der Waals surface area contributed by atoms with E-state index >= 15 is 0 Å². The van der Waals surface area contributed by atoms with E-state index in [-0.39, 0.29) is 23.4 Å². The van der Waals surface area contributed by atoms with Gasteiger partial charge in [-0.2, -0.15) is 18.2 Å². The van der Waals surface area contributed by atoms with Crippen molar-refractivity contribution in [3.63, 3.8) is 0 Å². The minimum atomic E-state index is -4.40. The molecule has 9 heteroatoms. The Kier molecular flexibility index (Phi) is 4.51. The third kappa shape index (κ3) is 3.30. The van der Waals surface area contributed by atoms with Crippen molar-refractivity contribution in [2.75, 3.05) is 5.32 Å². The molecule has 0 unspecified atom stereocenters. The van der Waals surface area contributed by atoms with Crippen molar-refractivity contribution in [3.05, 3.63) is 58.0 Å². The average molecular weight is 443 g/mol. The zero-order valence-corrected chi connectivity index (χ0v) is 18.2. The largest absolute Gasteiger partial charge is 0.416 e. The fraction of sp³-hybridized carbons (Fsp3) is 0.435. The molecule has 1 fully saturated rings. The van der Waals surface area contributed by atoms with E-state index < -0.39 is 11.7 Å². The van der Waals surface area contributed by atoms with Crippen molar-refractivity contribution >= 4 is 17.5 Å². The lowest BCUT2D eigenvalue weighted by molar-refractivity contribution is -0.138. The van der Waals surface area contributed by atoms with Gasteiger partial charge >= 0.3 is 6.18 Å². The summed E-state index contributed by atoms with van der Waals surface area (Å²) in [5.41, 5.74) is 2.60. The summed E-state index contributed by atoms with van der Waals surface area (Å²) in [4.78, 5) is 23.8. The number of aryl methyl sites for hydroxylation is 1. The van der Waals surface area contributed by atoms with Gasteiger partial charge in [0.05, 0.1) is 30.5 Å². The van der Waals surface area contributed by atoms with Crippen LogP contribution < -0.4 is 5.32 Å². The first-order valence-corrected chi connectivity index (χ1v) is 10.6. The van der Waals surface area contributed by atoms with Gasteiger partial charge in [-0.3, -0.25) is 9.20 Å². The van der Waals surface area contributed by atoms with Gasteiger partial charge in [0, 0.05) is 23.2 Å². The number of alkyl halides is 3. The molecule has 0 spiro atoms. The molecule has 2 aliphatic rings. The molecule has 3 aromatic rings. The smallest absolute Gasteiger partial charge is 0.366 e. The number of amides is 1. The summed E-state index contributed by atoms with van der Waals surface area (Å²) < 4.78 is 41.8. The lowest BCUT2D eigenvalue weighted by atomic mass is 10.0. The third-order valence-electron chi connectivity index (χ3n) is 6.73. The summed E-state index contributed by atoms with van der Waals surface area (Å²) in [6.45, 7) is 6.50. The van der Waals surface area contributed by atoms with Crippen LogP contribution in [0.2, 0.25) is 0 Å². The van der Waals surface area contributed by atoms with Crippen LogP contribution in [-0.4, -0.2) is 25.2 Å². The van der Waals surface area contributed by atoms with Crippen LogP contribution in [0, 0.1) is 19.3 Å². The summed E-state index contributed by atoms with van der Waals surface area (Å²) in [6, 6.07) is 4.19. The molecule has 0 radical (unpaired) electrons. The normalized spacial score (nSPS) is 17.0. The minimum Gasteiger partial charge on any atom is -0.366 e. The van der Waals surface area contributed by atoms with Crippen LogP contribution in [0.15, 0.2) is 24.4 Å². The van der Waals surface area contributed by atoms with Crippen molar-refractivity contribution in [1.82, 2.24) is 19.3 Å². The Morgan fingerprint density at radius 2 is 1.97 bits per heavy atom. The SMILES string of the molecule is Cc1c(CNc2nc3ncc(C)n3c3c2CN(C(=O)C2(C)CC2)C3)cccc1C(F)(F)F. The second kappa shape index (κ2) is 6.95. The molecule has 1 aromatic carbocycles. The van der Waals surface area contributed by atoms with Crippen LogP contribution in [0.25, 0.3) is 5.78 Å². The van der Waals surface area contributed by atoms with E-state index in [4.69, 9.17) is 0 Å². The standard InChI is InChI=1S/C23H24F3N5O/c1-13-9-28-21-29-19(27-10-15-5-4-6-17(14(15)2)23(24,25)26)16-11-30(12-18(16)31(13)21)20(32)22(3)7-8-22/h4-6,9H,7-8,10-12H2,1-3H3,(H,27,28,29). The summed E-state index contributed by atoms with van der Waals surface area (Å²) in [5, 5.41) is 3.23. The number of rotatable bonds is 4. The third-order valence-corrected chi connectivity index (χ3v) is 6.73. The number of hydrogen-bond acceptors (Lipinski definition) is 4. The summed E-state index contributed by atoms with van der Waals surface area (Å²) >= 11 is 0. The van der Waals surface area contributed by atoms with Gasteiger partial charge in [-0.05, 0) is 43.9 Å². The lowest BCUT2D eigenvalue weighted by Gasteiger charge is -2.19. The fourth-order valence-corrected chi connectivity index (χ4v) is 4.47. The van der Waals surface area contributed by atoms with Crippen molar-refractivity contribution in [3.8, 4) is 0 Å². The van der Waals surface area contributed by atoms with Gasteiger partial charge in [-0.1, -0.05) is 19.1 Å². The molecule has 5 rings (SSSR count). The number of carbonyl (C=O) groups is 1. The van der Waals surface area contributed by atoms with Crippen molar-refractivity contribution < 1.29 is 18.0 Å². The molecule has 3 heterocycles. The fourth-order valence-electron chi connectivity index (χ4n) is 4.47. The highest BCUT2D eigenvalue weighted by Crippen LogP contribution is 2.48. The molecule has 1 aliphatic heterocycles. The van der Waals surface area contributed by atoms with Gasteiger partial charge in [0.2, 0.25) is 11.7 Å². The maximum Gasteiger partial charge on any atom is 0.416 e. The Labute approximate surface area is 183 Å². The molecule has 0 saturated heterocycles. The predicted molar refractivity (Wildman–Crippen MR) is 113 cm³/mol. The molecule has 1 saturated carbocycles. The number of imidazole rings is 1. The number of hydrogen-bond donors (Lipinski definition) is 1. The zero-order valence-electron chi connectivity index (χ0n) is 18.2. The van der Waals surface area contributed by atoms with E-state index in [1.165, 1.54) is 13.0 Å². The molecule has 2 aromatic heterocycles. The number of aromatic nitrogens is 3. The van der Waals surface area contributed by atoms with Crippen LogP contribution in [0.3, 0.4) is 0 Å². The van der Waals surface area contributed by atoms with Gasteiger partial charge in [-0.15, -0.1) is 0 Å². The predicted octanol–water partition coefficient (Wildman–Crippen LogP) is 4.62. The van der Waals surface area contributed by atoms with E-state index in [2.05, 4.69) is 15.3 Å². The topological polar surface area (TPSA) is 62.5 Å². The Morgan fingerprint density at radius 1 is 1.22 bits per heavy atom. The molecule has 1 aliphatic carbocycles. The van der Waals surface area contributed by atoms with Gasteiger partial charge in [0.25, 0.3) is 0 Å². The van der Waals surface area contributed by atoms with Crippen LogP contribution in [0.1, 0.15) is 53.4 Å². The zero-order chi connectivity index (χ0) is 22.8. The van der Waals surface area contributed by atoms with Crippen LogP contribution in [0.4, 0.5) is 19.0 Å². The molecule has 32 heavy (non-hydrogen) atoms. The second-order valence-corrected chi connectivity index (χ2v) is 9.08. The Hall–Kier alpha value is -3.10. The van der Waals surface area contributed by atoms with Gasteiger partial charge in [0.15, 0.2) is 0 Å².